The minimum Gasteiger partial charge on any atom is -0.484 e. The first-order valence-electron chi connectivity index (χ1n) is 9.33. The van der Waals surface area contributed by atoms with E-state index in [1.54, 1.807) is 36.4 Å². The molecule has 0 saturated carbocycles. The summed E-state index contributed by atoms with van der Waals surface area (Å²) in [7, 11) is 0. The molecule has 0 radical (unpaired) electrons. The van der Waals surface area contributed by atoms with Crippen molar-refractivity contribution in [3.63, 3.8) is 0 Å². The number of para-hydroxylation sites is 1. The second kappa shape index (κ2) is 12.8. The molecule has 8 nitrogen and oxygen atoms in total. The lowest BCUT2D eigenvalue weighted by molar-refractivity contribution is -0.148. The summed E-state index contributed by atoms with van der Waals surface area (Å²) in [5.41, 5.74) is 0.805. The van der Waals surface area contributed by atoms with Crippen LogP contribution in [-0.4, -0.2) is 50.7 Å². The van der Waals surface area contributed by atoms with Gasteiger partial charge >= 0.3 is 12.6 Å². The van der Waals surface area contributed by atoms with E-state index < -0.39 is 37.5 Å². The van der Waals surface area contributed by atoms with E-state index in [0.29, 0.717) is 12.2 Å². The summed E-state index contributed by atoms with van der Waals surface area (Å²) in [6.07, 6.45) is 0.451. The van der Waals surface area contributed by atoms with Gasteiger partial charge in [0.2, 0.25) is 0 Å². The standard InChI is InChI=1S/C21H22F2N2O6/c22-21(23)31-17-8-6-15(7-9-17)10-11-24-18(26)14-30-20(28)12-25-19(27)13-29-16-4-2-1-3-5-16/h1-9,21H,10-14H2,(H,24,26)(H,25,27). The normalized spacial score (nSPS) is 10.3. The molecular formula is C21H22F2N2O6. The van der Waals surface area contributed by atoms with Crippen molar-refractivity contribution in [1.29, 1.82) is 0 Å². The van der Waals surface area contributed by atoms with Crippen LogP contribution in [0.1, 0.15) is 5.56 Å². The molecule has 2 amide bonds. The highest BCUT2D eigenvalue weighted by Crippen LogP contribution is 2.15. The fourth-order valence-electron chi connectivity index (χ4n) is 2.32. The first-order valence-corrected chi connectivity index (χ1v) is 9.33. The molecule has 10 heteroatoms. The summed E-state index contributed by atoms with van der Waals surface area (Å²) in [6.45, 7) is -3.76. The molecule has 0 unspecified atom stereocenters. The minimum atomic E-state index is -2.89. The molecule has 0 spiro atoms. The number of nitrogens with one attached hydrogen (secondary N) is 2. The lowest BCUT2D eigenvalue weighted by Crippen LogP contribution is -2.36. The predicted molar refractivity (Wildman–Crippen MR) is 106 cm³/mol. The number of halogens is 2. The van der Waals surface area contributed by atoms with Crippen molar-refractivity contribution in [3.05, 3.63) is 60.2 Å². The molecule has 0 aliphatic rings. The van der Waals surface area contributed by atoms with Gasteiger partial charge in [-0.15, -0.1) is 0 Å². The number of esters is 1. The van der Waals surface area contributed by atoms with Crippen molar-refractivity contribution in [2.45, 2.75) is 13.0 Å². The highest BCUT2D eigenvalue weighted by Gasteiger charge is 2.10. The Morgan fingerprint density at radius 2 is 1.52 bits per heavy atom. The Morgan fingerprint density at radius 3 is 2.19 bits per heavy atom. The van der Waals surface area contributed by atoms with Gasteiger partial charge in [-0.1, -0.05) is 30.3 Å². The first-order chi connectivity index (χ1) is 14.9. The number of rotatable bonds is 12. The van der Waals surface area contributed by atoms with Crippen LogP contribution in [0.25, 0.3) is 0 Å². The van der Waals surface area contributed by atoms with Crippen LogP contribution in [0.3, 0.4) is 0 Å². The molecule has 2 rings (SSSR count). The number of benzene rings is 2. The molecule has 0 saturated heterocycles. The Morgan fingerprint density at radius 1 is 0.839 bits per heavy atom. The van der Waals surface area contributed by atoms with E-state index in [1.165, 1.54) is 12.1 Å². The van der Waals surface area contributed by atoms with Crippen LogP contribution in [0.15, 0.2) is 54.6 Å². The minimum absolute atomic E-state index is 0.0495. The van der Waals surface area contributed by atoms with Gasteiger partial charge in [0.25, 0.3) is 11.8 Å². The maximum Gasteiger partial charge on any atom is 0.387 e. The monoisotopic (exact) mass is 436 g/mol. The molecule has 0 atom stereocenters. The summed E-state index contributed by atoms with van der Waals surface area (Å²) in [5.74, 6) is -1.21. The third-order valence-electron chi connectivity index (χ3n) is 3.79. The maximum absolute atomic E-state index is 12.1. The summed E-state index contributed by atoms with van der Waals surface area (Å²) in [4.78, 5) is 35.0. The van der Waals surface area contributed by atoms with E-state index in [2.05, 4.69) is 15.4 Å². The third kappa shape index (κ3) is 10.1. The second-order valence-electron chi connectivity index (χ2n) is 6.16. The Kier molecular flexibility index (Phi) is 9.73. The third-order valence-corrected chi connectivity index (χ3v) is 3.79. The van der Waals surface area contributed by atoms with Crippen LogP contribution in [0.2, 0.25) is 0 Å². The van der Waals surface area contributed by atoms with Gasteiger partial charge in [0.05, 0.1) is 0 Å². The Balaban J connectivity index is 1.55. The lowest BCUT2D eigenvalue weighted by atomic mass is 10.1. The quantitative estimate of drug-likeness (QED) is 0.491. The van der Waals surface area contributed by atoms with Gasteiger partial charge in [-0.3, -0.25) is 14.4 Å². The topological polar surface area (TPSA) is 103 Å². The van der Waals surface area contributed by atoms with E-state index in [-0.39, 0.29) is 18.9 Å². The van der Waals surface area contributed by atoms with Crippen LogP contribution < -0.4 is 20.1 Å². The number of hydrogen-bond donors (Lipinski definition) is 2. The van der Waals surface area contributed by atoms with Gasteiger partial charge in [0, 0.05) is 6.54 Å². The van der Waals surface area contributed by atoms with Gasteiger partial charge in [-0.05, 0) is 36.2 Å². The zero-order valence-electron chi connectivity index (χ0n) is 16.5. The van der Waals surface area contributed by atoms with Crippen LogP contribution in [0.4, 0.5) is 8.78 Å². The fraction of sp³-hybridized carbons (Fsp3) is 0.286. The molecular weight excluding hydrogens is 414 g/mol. The predicted octanol–water partition coefficient (Wildman–Crippen LogP) is 1.69. The van der Waals surface area contributed by atoms with Crippen LogP contribution in [0, 0.1) is 0 Å². The molecule has 2 N–H and O–H groups in total. The molecule has 2 aromatic rings. The van der Waals surface area contributed by atoms with Crippen molar-refractivity contribution >= 4 is 17.8 Å². The van der Waals surface area contributed by atoms with E-state index in [4.69, 9.17) is 9.47 Å². The molecule has 0 aliphatic carbocycles. The van der Waals surface area contributed by atoms with Gasteiger partial charge in [-0.2, -0.15) is 8.78 Å². The molecule has 0 heterocycles. The molecule has 0 aromatic heterocycles. The second-order valence-corrected chi connectivity index (χ2v) is 6.16. The molecule has 0 fully saturated rings. The van der Waals surface area contributed by atoms with Crippen molar-refractivity contribution in [2.75, 3.05) is 26.3 Å². The van der Waals surface area contributed by atoms with Crippen LogP contribution >= 0.6 is 0 Å². The summed E-state index contributed by atoms with van der Waals surface area (Å²) in [6, 6.07) is 14.7. The molecule has 31 heavy (non-hydrogen) atoms. The zero-order valence-corrected chi connectivity index (χ0v) is 16.5. The van der Waals surface area contributed by atoms with Gasteiger partial charge in [-0.25, -0.2) is 0 Å². The Bertz CT molecular complexity index is 847. The van der Waals surface area contributed by atoms with Crippen molar-refractivity contribution in [2.24, 2.45) is 0 Å². The average molecular weight is 436 g/mol. The smallest absolute Gasteiger partial charge is 0.387 e. The van der Waals surface area contributed by atoms with E-state index >= 15 is 0 Å². The van der Waals surface area contributed by atoms with Crippen LogP contribution in [0.5, 0.6) is 11.5 Å². The SMILES string of the molecule is O=C(COC(=O)CNC(=O)COc1ccccc1)NCCc1ccc(OC(F)F)cc1. The maximum atomic E-state index is 12.1. The number of hydrogen-bond acceptors (Lipinski definition) is 6. The van der Waals surface area contributed by atoms with Crippen molar-refractivity contribution in [1.82, 2.24) is 10.6 Å². The fourth-order valence-corrected chi connectivity index (χ4v) is 2.32. The first kappa shape index (κ1) is 23.6. The Hall–Kier alpha value is -3.69. The number of alkyl halides is 2. The highest BCUT2D eigenvalue weighted by atomic mass is 19.3. The van der Waals surface area contributed by atoms with Gasteiger partial charge < -0.3 is 24.8 Å². The number of carbonyl (C=O) groups excluding carboxylic acids is 3. The molecule has 166 valence electrons. The van der Waals surface area contributed by atoms with E-state index in [9.17, 15) is 23.2 Å². The van der Waals surface area contributed by atoms with E-state index in [0.717, 1.165) is 5.56 Å². The highest BCUT2D eigenvalue weighted by molar-refractivity contribution is 5.84. The number of carbonyl (C=O) groups is 3. The molecule has 0 bridgehead atoms. The lowest BCUT2D eigenvalue weighted by Gasteiger charge is -2.09. The van der Waals surface area contributed by atoms with Crippen molar-refractivity contribution < 1.29 is 37.4 Å². The van der Waals surface area contributed by atoms with Crippen LogP contribution in [-0.2, 0) is 25.5 Å². The number of amides is 2. The summed E-state index contributed by atoms with van der Waals surface area (Å²) in [5, 5.41) is 4.89. The Labute approximate surface area is 177 Å². The summed E-state index contributed by atoms with van der Waals surface area (Å²) < 4.78 is 38.5. The summed E-state index contributed by atoms with van der Waals surface area (Å²) >= 11 is 0. The largest absolute Gasteiger partial charge is 0.484 e. The zero-order chi connectivity index (χ0) is 22.5. The van der Waals surface area contributed by atoms with Gasteiger partial charge in [0.15, 0.2) is 13.2 Å². The molecule has 2 aromatic carbocycles. The average Bonchev–Trinajstić information content (AvgIpc) is 2.76. The number of ether oxygens (including phenoxy) is 3. The van der Waals surface area contributed by atoms with Crippen molar-refractivity contribution in [3.8, 4) is 11.5 Å². The van der Waals surface area contributed by atoms with Gasteiger partial charge in [0.1, 0.15) is 18.0 Å². The molecule has 0 aliphatic heterocycles. The van der Waals surface area contributed by atoms with E-state index in [1.807, 2.05) is 6.07 Å².